The van der Waals surface area contributed by atoms with Crippen molar-refractivity contribution in [3.05, 3.63) is 63.7 Å². The summed E-state index contributed by atoms with van der Waals surface area (Å²) in [6, 6.07) is 11.0. The van der Waals surface area contributed by atoms with Gasteiger partial charge in [-0.05, 0) is 43.2 Å². The molecule has 8 heteroatoms. The molecule has 0 atom stereocenters. The van der Waals surface area contributed by atoms with E-state index in [-0.39, 0.29) is 11.6 Å². The Balaban J connectivity index is 1.85. The van der Waals surface area contributed by atoms with Gasteiger partial charge >= 0.3 is 0 Å². The summed E-state index contributed by atoms with van der Waals surface area (Å²) in [4.78, 5) is 22.9. The number of benzene rings is 2. The zero-order chi connectivity index (χ0) is 19.4. The third kappa shape index (κ3) is 3.89. The lowest BCUT2D eigenvalue weighted by Crippen LogP contribution is -2.32. The number of nitro benzene ring substituents is 1. The zero-order valence-electron chi connectivity index (χ0n) is 15.0. The van der Waals surface area contributed by atoms with Gasteiger partial charge in [0, 0.05) is 29.8 Å². The third-order valence-electron chi connectivity index (χ3n) is 4.30. The number of hydrogen-bond acceptors (Lipinski definition) is 6. The van der Waals surface area contributed by atoms with E-state index < -0.39 is 4.92 Å². The van der Waals surface area contributed by atoms with Gasteiger partial charge in [0.05, 0.1) is 24.9 Å². The van der Waals surface area contributed by atoms with Crippen LogP contribution in [0, 0.1) is 10.1 Å². The number of methoxy groups -OCH3 is 2. The van der Waals surface area contributed by atoms with E-state index >= 15 is 0 Å². The van der Waals surface area contributed by atoms with Crippen molar-refractivity contribution in [1.29, 1.82) is 0 Å². The highest BCUT2D eigenvalue weighted by Gasteiger charge is 2.22. The number of nitro groups is 1. The molecule has 0 saturated carbocycles. The van der Waals surface area contributed by atoms with Crippen LogP contribution in [0.5, 0.6) is 11.5 Å². The Labute approximate surface area is 156 Å². The lowest BCUT2D eigenvalue weighted by molar-refractivity contribution is -0.384. The van der Waals surface area contributed by atoms with E-state index in [0.717, 1.165) is 24.1 Å². The number of rotatable bonds is 5. The predicted octanol–water partition coefficient (Wildman–Crippen LogP) is 3.25. The first-order chi connectivity index (χ1) is 13.0. The van der Waals surface area contributed by atoms with Crippen molar-refractivity contribution in [1.82, 2.24) is 5.01 Å². The Morgan fingerprint density at radius 1 is 1.11 bits per heavy atom. The minimum absolute atomic E-state index is 0.0558. The maximum Gasteiger partial charge on any atom is 0.273 e. The molecule has 0 aliphatic carbocycles. The number of nitrogens with zero attached hydrogens (tertiary/aromatic N) is 3. The highest BCUT2D eigenvalue weighted by molar-refractivity contribution is 6.03. The Morgan fingerprint density at radius 3 is 2.44 bits per heavy atom. The Hall–Kier alpha value is -3.42. The fourth-order valence-electron chi connectivity index (χ4n) is 2.88. The second-order valence-corrected chi connectivity index (χ2v) is 5.95. The van der Waals surface area contributed by atoms with Gasteiger partial charge in [-0.25, -0.2) is 5.01 Å². The molecule has 2 aromatic rings. The van der Waals surface area contributed by atoms with Gasteiger partial charge in [0.2, 0.25) is 0 Å². The van der Waals surface area contributed by atoms with Gasteiger partial charge in [-0.3, -0.25) is 14.9 Å². The summed E-state index contributed by atoms with van der Waals surface area (Å²) in [6.45, 7) is 0.493. The molecule has 0 radical (unpaired) electrons. The Kier molecular flexibility index (Phi) is 5.35. The molecule has 0 N–H and O–H groups in total. The Bertz CT molecular complexity index is 893. The van der Waals surface area contributed by atoms with E-state index in [1.807, 2.05) is 12.1 Å². The number of carbonyl (C=O) groups excluding carboxylic acids is 1. The average Bonchev–Trinajstić information content (AvgIpc) is 2.72. The average molecular weight is 369 g/mol. The maximum atomic E-state index is 12.7. The Morgan fingerprint density at radius 2 is 1.81 bits per heavy atom. The maximum absolute atomic E-state index is 12.7. The van der Waals surface area contributed by atoms with Crippen molar-refractivity contribution in [2.45, 2.75) is 12.8 Å². The molecule has 3 rings (SSSR count). The molecule has 0 spiro atoms. The lowest BCUT2D eigenvalue weighted by Gasteiger charge is -2.24. The second kappa shape index (κ2) is 7.86. The molecular weight excluding hydrogens is 350 g/mol. The number of carbonyl (C=O) groups is 1. The molecule has 1 heterocycles. The summed E-state index contributed by atoms with van der Waals surface area (Å²) < 4.78 is 10.6. The van der Waals surface area contributed by atoms with Crippen molar-refractivity contribution in [2.75, 3.05) is 20.8 Å². The van der Waals surface area contributed by atoms with Crippen LogP contribution in [-0.4, -0.2) is 42.3 Å². The fraction of sp³-hybridized carbons (Fsp3) is 0.263. The van der Waals surface area contributed by atoms with E-state index in [4.69, 9.17) is 9.47 Å². The number of hydrazone groups is 1. The normalized spacial score (nSPS) is 13.7. The van der Waals surface area contributed by atoms with E-state index in [0.29, 0.717) is 23.6 Å². The summed E-state index contributed by atoms with van der Waals surface area (Å²) in [5, 5.41) is 16.6. The van der Waals surface area contributed by atoms with E-state index in [2.05, 4.69) is 5.10 Å². The number of non-ortho nitro benzene ring substituents is 1. The molecule has 0 saturated heterocycles. The van der Waals surface area contributed by atoms with Gasteiger partial charge in [-0.15, -0.1) is 0 Å². The lowest BCUT2D eigenvalue weighted by atomic mass is 10.0. The highest BCUT2D eigenvalue weighted by atomic mass is 16.6. The molecule has 0 bridgehead atoms. The van der Waals surface area contributed by atoms with Crippen LogP contribution >= 0.6 is 0 Å². The fourth-order valence-corrected chi connectivity index (χ4v) is 2.88. The van der Waals surface area contributed by atoms with Crippen molar-refractivity contribution >= 4 is 17.3 Å². The van der Waals surface area contributed by atoms with Gasteiger partial charge in [-0.1, -0.05) is 0 Å². The highest BCUT2D eigenvalue weighted by Crippen LogP contribution is 2.29. The SMILES string of the molecule is COc1ccc(C2=NN(C(=O)c3ccc([N+](=O)[O-])cc3)CCC2)cc1OC. The summed E-state index contributed by atoms with van der Waals surface area (Å²) >= 11 is 0. The minimum Gasteiger partial charge on any atom is -0.493 e. The summed E-state index contributed by atoms with van der Waals surface area (Å²) in [6.07, 6.45) is 1.51. The van der Waals surface area contributed by atoms with E-state index in [1.54, 1.807) is 20.3 Å². The largest absolute Gasteiger partial charge is 0.493 e. The monoisotopic (exact) mass is 369 g/mol. The smallest absolute Gasteiger partial charge is 0.273 e. The summed E-state index contributed by atoms with van der Waals surface area (Å²) in [7, 11) is 3.13. The van der Waals surface area contributed by atoms with Crippen molar-refractivity contribution < 1.29 is 19.2 Å². The predicted molar refractivity (Wildman–Crippen MR) is 99.4 cm³/mol. The molecule has 1 aliphatic rings. The standard InChI is InChI=1S/C19H19N3O5/c1-26-17-10-7-14(12-18(17)27-2)16-4-3-11-21(20-16)19(23)13-5-8-15(9-6-13)22(24)25/h5-10,12H,3-4,11H2,1-2H3. The number of ether oxygens (including phenoxy) is 2. The summed E-state index contributed by atoms with van der Waals surface area (Å²) in [5.74, 6) is 0.926. The van der Waals surface area contributed by atoms with Gasteiger partial charge in [0.1, 0.15) is 0 Å². The van der Waals surface area contributed by atoms with Crippen LogP contribution in [0.15, 0.2) is 47.6 Å². The first-order valence-electron chi connectivity index (χ1n) is 8.39. The topological polar surface area (TPSA) is 94.3 Å². The van der Waals surface area contributed by atoms with Gasteiger partial charge in [0.15, 0.2) is 11.5 Å². The van der Waals surface area contributed by atoms with E-state index in [1.165, 1.54) is 29.3 Å². The molecule has 27 heavy (non-hydrogen) atoms. The van der Waals surface area contributed by atoms with Crippen LogP contribution in [0.3, 0.4) is 0 Å². The van der Waals surface area contributed by atoms with Gasteiger partial charge < -0.3 is 9.47 Å². The van der Waals surface area contributed by atoms with Crippen LogP contribution in [0.1, 0.15) is 28.8 Å². The van der Waals surface area contributed by atoms with E-state index in [9.17, 15) is 14.9 Å². The first kappa shape index (κ1) is 18.4. The molecule has 1 amide bonds. The third-order valence-corrected chi connectivity index (χ3v) is 4.30. The molecule has 140 valence electrons. The molecule has 2 aromatic carbocycles. The first-order valence-corrected chi connectivity index (χ1v) is 8.39. The van der Waals surface area contributed by atoms with Crippen molar-refractivity contribution in [3.8, 4) is 11.5 Å². The van der Waals surface area contributed by atoms with Crippen molar-refractivity contribution in [2.24, 2.45) is 5.10 Å². The molecule has 0 fully saturated rings. The molecular formula is C19H19N3O5. The van der Waals surface area contributed by atoms with Crippen LogP contribution in [0.4, 0.5) is 5.69 Å². The van der Waals surface area contributed by atoms with Gasteiger partial charge in [0.25, 0.3) is 11.6 Å². The van der Waals surface area contributed by atoms with Crippen LogP contribution in [0.2, 0.25) is 0 Å². The molecule has 0 aromatic heterocycles. The van der Waals surface area contributed by atoms with Crippen LogP contribution in [0.25, 0.3) is 0 Å². The molecule has 1 aliphatic heterocycles. The quantitative estimate of drug-likeness (QED) is 0.596. The molecule has 8 nitrogen and oxygen atoms in total. The summed E-state index contributed by atoms with van der Waals surface area (Å²) in [5.41, 5.74) is 1.93. The van der Waals surface area contributed by atoms with Gasteiger partial charge in [-0.2, -0.15) is 5.10 Å². The molecule has 0 unspecified atom stereocenters. The number of hydrogen-bond donors (Lipinski definition) is 0. The number of amides is 1. The van der Waals surface area contributed by atoms with Crippen molar-refractivity contribution in [3.63, 3.8) is 0 Å². The van der Waals surface area contributed by atoms with Crippen LogP contribution in [-0.2, 0) is 0 Å². The minimum atomic E-state index is -0.498. The second-order valence-electron chi connectivity index (χ2n) is 5.95. The van der Waals surface area contributed by atoms with Crippen LogP contribution < -0.4 is 9.47 Å². The zero-order valence-corrected chi connectivity index (χ0v) is 15.0.